The Labute approximate surface area is 265 Å². The quantitative estimate of drug-likeness (QED) is 0.180. The van der Waals surface area contributed by atoms with Gasteiger partial charge in [-0.1, -0.05) is 53.7 Å². The minimum atomic E-state index is -0.697. The molecule has 2 aliphatic heterocycles. The summed E-state index contributed by atoms with van der Waals surface area (Å²) < 4.78 is 7.99. The first-order valence-corrected chi connectivity index (χ1v) is 16.0. The Kier molecular flexibility index (Phi) is 8.40. The molecular formula is C37H46N3O5+. The molecule has 5 rings (SSSR count). The second kappa shape index (κ2) is 11.7. The highest BCUT2D eigenvalue weighted by Crippen LogP contribution is 2.50. The second-order valence-corrected chi connectivity index (χ2v) is 14.5. The van der Waals surface area contributed by atoms with E-state index in [1.807, 2.05) is 32.0 Å². The van der Waals surface area contributed by atoms with Crippen LogP contribution in [-0.2, 0) is 10.8 Å². The van der Waals surface area contributed by atoms with Crippen LogP contribution in [0.2, 0.25) is 0 Å². The van der Waals surface area contributed by atoms with Gasteiger partial charge in [0.05, 0.1) is 45.1 Å². The van der Waals surface area contributed by atoms with E-state index in [1.54, 1.807) is 25.3 Å². The summed E-state index contributed by atoms with van der Waals surface area (Å²) in [5.74, 6) is 1.68. The lowest BCUT2D eigenvalue weighted by Gasteiger charge is -2.32. The molecule has 8 nitrogen and oxygen atoms in total. The lowest BCUT2D eigenvalue weighted by molar-refractivity contribution is -0.438. The minimum Gasteiger partial charge on any atom is -0.496 e. The second-order valence-electron chi connectivity index (χ2n) is 14.5. The monoisotopic (exact) mass is 612 g/mol. The van der Waals surface area contributed by atoms with Gasteiger partial charge in [-0.3, -0.25) is 19.7 Å². The van der Waals surface area contributed by atoms with Gasteiger partial charge >= 0.3 is 0 Å². The maximum Gasteiger partial charge on any atom is 0.275 e. The third-order valence-electron chi connectivity index (χ3n) is 9.78. The number of anilines is 1. The zero-order valence-electron chi connectivity index (χ0n) is 28.1. The number of nitrogens with zero attached hydrogens (tertiary/aromatic N) is 3. The molecule has 0 amide bonds. The average Bonchev–Trinajstić information content (AvgIpc) is 3.34. The fourth-order valence-electron chi connectivity index (χ4n) is 7.26. The van der Waals surface area contributed by atoms with Gasteiger partial charge in [0.25, 0.3) is 5.69 Å². The lowest BCUT2D eigenvalue weighted by atomic mass is 9.79. The summed E-state index contributed by atoms with van der Waals surface area (Å²) >= 11 is 0. The van der Waals surface area contributed by atoms with Crippen LogP contribution in [0.15, 0.2) is 46.0 Å². The van der Waals surface area contributed by atoms with Crippen LogP contribution < -0.4 is 30.9 Å². The summed E-state index contributed by atoms with van der Waals surface area (Å²) in [6.07, 6.45) is 5.37. The number of nitro benzene ring substituents is 1. The van der Waals surface area contributed by atoms with Crippen LogP contribution in [0.3, 0.4) is 0 Å². The zero-order chi connectivity index (χ0) is 33.0. The van der Waals surface area contributed by atoms with Gasteiger partial charge in [-0.25, -0.2) is 0 Å². The van der Waals surface area contributed by atoms with Crippen LogP contribution in [0.4, 0.5) is 17.1 Å². The molecule has 2 heterocycles. The van der Waals surface area contributed by atoms with Crippen molar-refractivity contribution in [1.29, 1.82) is 0 Å². The first-order chi connectivity index (χ1) is 21.1. The Morgan fingerprint density at radius 2 is 1.60 bits per heavy atom. The van der Waals surface area contributed by atoms with E-state index in [4.69, 9.17) is 4.74 Å². The predicted octanol–water partition coefficient (Wildman–Crippen LogP) is 5.10. The van der Waals surface area contributed by atoms with Crippen LogP contribution in [0.25, 0.3) is 12.2 Å². The minimum absolute atomic E-state index is 0.0659. The predicted molar refractivity (Wildman–Crippen MR) is 182 cm³/mol. The fourth-order valence-corrected chi connectivity index (χ4v) is 7.26. The van der Waals surface area contributed by atoms with E-state index < -0.39 is 10.8 Å². The van der Waals surface area contributed by atoms with Gasteiger partial charge in [0.2, 0.25) is 16.5 Å². The Morgan fingerprint density at radius 3 is 2.20 bits per heavy atom. The highest BCUT2D eigenvalue weighted by atomic mass is 16.6. The van der Waals surface area contributed by atoms with Gasteiger partial charge < -0.3 is 9.64 Å². The molecule has 0 fully saturated rings. The van der Waals surface area contributed by atoms with Gasteiger partial charge in [-0.05, 0) is 50.3 Å². The van der Waals surface area contributed by atoms with Crippen LogP contribution in [0.1, 0.15) is 79.4 Å². The van der Waals surface area contributed by atoms with E-state index in [-0.39, 0.29) is 37.9 Å². The molecule has 0 saturated carbocycles. The molecule has 0 radical (unpaired) electrons. The van der Waals surface area contributed by atoms with Crippen LogP contribution in [0.5, 0.6) is 5.75 Å². The van der Waals surface area contributed by atoms with Crippen molar-refractivity contribution in [2.75, 3.05) is 25.1 Å². The molecule has 0 saturated heterocycles. The summed E-state index contributed by atoms with van der Waals surface area (Å²) in [7, 11) is 1.67. The highest BCUT2D eigenvalue weighted by molar-refractivity contribution is 6.15. The third-order valence-corrected chi connectivity index (χ3v) is 9.78. The van der Waals surface area contributed by atoms with Gasteiger partial charge in [0, 0.05) is 42.3 Å². The van der Waals surface area contributed by atoms with Crippen molar-refractivity contribution >= 4 is 34.9 Å². The number of rotatable bonds is 10. The largest absolute Gasteiger partial charge is 0.496 e. The topological polar surface area (TPSA) is 92.8 Å². The van der Waals surface area contributed by atoms with Crippen molar-refractivity contribution in [2.24, 2.45) is 11.8 Å². The highest BCUT2D eigenvalue weighted by Gasteiger charge is 2.49. The Hall–Kier alpha value is -4.07. The molecule has 0 aromatic heterocycles. The van der Waals surface area contributed by atoms with Crippen LogP contribution >= 0.6 is 0 Å². The lowest BCUT2D eigenvalue weighted by Crippen LogP contribution is -2.66. The maximum absolute atomic E-state index is 13.8. The van der Waals surface area contributed by atoms with E-state index in [2.05, 4.69) is 57.1 Å². The summed E-state index contributed by atoms with van der Waals surface area (Å²) in [4.78, 5) is 41.5. The molecule has 3 aromatic rings. The molecule has 0 bridgehead atoms. The molecule has 3 aromatic carbocycles. The third kappa shape index (κ3) is 5.32. The summed E-state index contributed by atoms with van der Waals surface area (Å²) in [5, 5.41) is 12.4. The molecular weight excluding hydrogens is 566 g/mol. The Balaban J connectivity index is 1.66. The van der Waals surface area contributed by atoms with Crippen molar-refractivity contribution < 1.29 is 14.2 Å². The Bertz CT molecular complexity index is 1860. The van der Waals surface area contributed by atoms with Crippen molar-refractivity contribution in [3.05, 3.63) is 88.5 Å². The first-order valence-electron chi connectivity index (χ1n) is 16.0. The normalized spacial score (nSPS) is 18.1. The number of nitro groups is 1. The molecule has 0 aliphatic carbocycles. The number of hydrogen-bond acceptors (Lipinski definition) is 6. The zero-order valence-corrected chi connectivity index (χ0v) is 28.1. The molecule has 8 heteroatoms. The molecule has 0 spiro atoms. The summed E-state index contributed by atoms with van der Waals surface area (Å²) in [5.41, 5.74) is 2.75. The maximum atomic E-state index is 13.8. The number of benzene rings is 2. The molecule has 238 valence electrons. The van der Waals surface area contributed by atoms with E-state index in [0.29, 0.717) is 23.9 Å². The fraction of sp³-hybridized carbons (Fsp3) is 0.486. The van der Waals surface area contributed by atoms with E-state index in [1.165, 1.54) is 6.07 Å². The molecule has 2 aliphatic rings. The number of ether oxygens (including phenoxy) is 1. The van der Waals surface area contributed by atoms with Gasteiger partial charge in [-0.2, -0.15) is 4.58 Å². The van der Waals surface area contributed by atoms with Crippen molar-refractivity contribution in [3.63, 3.8) is 0 Å². The molecule has 45 heavy (non-hydrogen) atoms. The van der Waals surface area contributed by atoms with Gasteiger partial charge in [-0.15, -0.1) is 0 Å². The van der Waals surface area contributed by atoms with Crippen molar-refractivity contribution in [2.45, 2.75) is 85.1 Å². The number of methoxy groups -OCH3 is 1. The summed E-state index contributed by atoms with van der Waals surface area (Å²) in [6, 6.07) is 10.8. The number of hydrogen-bond donors (Lipinski definition) is 0. The van der Waals surface area contributed by atoms with Gasteiger partial charge in [0.1, 0.15) is 12.3 Å². The van der Waals surface area contributed by atoms with Crippen molar-refractivity contribution in [1.82, 2.24) is 0 Å². The SMILES string of the molecule is COc1cccc2c1C(C)(C)C(C=c1c(=O)c(=CC3N(CCC(C)C)c4cccc([N+](=O)[O-])c4C3(C)C)c1=O)=[N+]2CCC(C)C. The summed E-state index contributed by atoms with van der Waals surface area (Å²) in [6.45, 7) is 18.2. The van der Waals surface area contributed by atoms with Crippen LogP contribution in [-0.4, -0.2) is 41.5 Å². The van der Waals surface area contributed by atoms with Crippen molar-refractivity contribution in [3.8, 4) is 5.75 Å². The number of fused-ring (bicyclic) bond motifs is 2. The van der Waals surface area contributed by atoms with Gasteiger partial charge in [0.15, 0.2) is 5.71 Å². The molecule has 1 atom stereocenters. The van der Waals surface area contributed by atoms with E-state index >= 15 is 0 Å². The Morgan fingerprint density at radius 1 is 0.956 bits per heavy atom. The van der Waals surface area contributed by atoms with E-state index in [9.17, 15) is 19.7 Å². The van der Waals surface area contributed by atoms with Crippen LogP contribution in [0, 0.1) is 22.0 Å². The first kappa shape index (κ1) is 32.3. The standard InChI is InChI=1S/C37H46N3O5/c1-22(2)16-18-38-26-12-10-14-28(40(43)44)32(26)36(5,6)30(38)20-24-34(41)25(35(24)42)21-31-37(7,8)33-27(13-11-15-29(33)45-9)39(31)19-17-23(3)4/h10-15,20-23,30H,16-19H2,1-9H3/q+1. The van der Waals surface area contributed by atoms with E-state index in [0.717, 1.165) is 47.8 Å². The molecule has 1 unspecified atom stereocenters. The molecule has 0 N–H and O–H groups in total. The average molecular weight is 613 g/mol. The smallest absolute Gasteiger partial charge is 0.275 e.